The summed E-state index contributed by atoms with van der Waals surface area (Å²) in [6, 6.07) is 16.2. The molecule has 7 nitrogen and oxygen atoms in total. The van der Waals surface area contributed by atoms with Crippen LogP contribution in [0, 0.1) is 6.92 Å². The Hall–Kier alpha value is -3.23. The summed E-state index contributed by atoms with van der Waals surface area (Å²) in [5, 5.41) is 12.4. The van der Waals surface area contributed by atoms with Crippen molar-refractivity contribution in [2.24, 2.45) is 7.05 Å². The summed E-state index contributed by atoms with van der Waals surface area (Å²) >= 11 is 7.42. The number of amides is 1. The second-order valence-electron chi connectivity index (χ2n) is 6.65. The first-order valence-electron chi connectivity index (χ1n) is 9.40. The number of thioether (sulfide) groups is 1. The topological polar surface area (TPSA) is 82.2 Å². The molecule has 0 saturated carbocycles. The first kappa shape index (κ1) is 21.0. The van der Waals surface area contributed by atoms with Crippen molar-refractivity contribution in [2.45, 2.75) is 12.1 Å². The molecule has 0 bridgehead atoms. The van der Waals surface area contributed by atoms with Gasteiger partial charge < -0.3 is 19.0 Å². The molecule has 0 radical (unpaired) electrons. The number of halogens is 1. The van der Waals surface area contributed by atoms with Gasteiger partial charge in [-0.15, -0.1) is 10.2 Å². The van der Waals surface area contributed by atoms with Crippen molar-refractivity contribution in [3.8, 4) is 22.9 Å². The highest BCUT2D eigenvalue weighted by atomic mass is 35.5. The Balaban J connectivity index is 1.33. The third-order valence-electron chi connectivity index (χ3n) is 4.47. The third kappa shape index (κ3) is 4.92. The molecule has 0 atom stereocenters. The maximum absolute atomic E-state index is 12.4. The van der Waals surface area contributed by atoms with E-state index in [-0.39, 0.29) is 11.7 Å². The number of anilines is 1. The maximum atomic E-state index is 12.4. The molecule has 0 aliphatic heterocycles. The number of aromatic nitrogens is 3. The largest absolute Gasteiger partial charge is 0.469 e. The molecule has 1 amide bonds. The number of nitrogens with zero attached hydrogens (tertiary/aromatic N) is 3. The smallest absolute Gasteiger partial charge is 0.234 e. The Morgan fingerprint density at radius 2 is 1.94 bits per heavy atom. The highest BCUT2D eigenvalue weighted by molar-refractivity contribution is 7.99. The monoisotopic (exact) mass is 454 g/mol. The zero-order valence-corrected chi connectivity index (χ0v) is 18.4. The fourth-order valence-electron chi connectivity index (χ4n) is 2.88. The van der Waals surface area contributed by atoms with Gasteiger partial charge in [0.05, 0.1) is 22.6 Å². The van der Waals surface area contributed by atoms with Gasteiger partial charge in [0.1, 0.15) is 17.3 Å². The van der Waals surface area contributed by atoms with Crippen LogP contribution >= 0.6 is 23.4 Å². The van der Waals surface area contributed by atoms with Gasteiger partial charge in [0.15, 0.2) is 11.0 Å². The van der Waals surface area contributed by atoms with E-state index in [0.717, 1.165) is 11.3 Å². The molecular formula is C22H19ClN4O3S. The van der Waals surface area contributed by atoms with Crippen LogP contribution in [0.25, 0.3) is 11.4 Å². The van der Waals surface area contributed by atoms with Crippen molar-refractivity contribution in [1.29, 1.82) is 0 Å². The Bertz CT molecular complexity index is 1200. The van der Waals surface area contributed by atoms with Gasteiger partial charge in [0, 0.05) is 12.7 Å². The van der Waals surface area contributed by atoms with Crippen LogP contribution in [-0.4, -0.2) is 26.4 Å². The molecule has 2 heterocycles. The quantitative estimate of drug-likeness (QED) is 0.368. The first-order valence-corrected chi connectivity index (χ1v) is 10.8. The van der Waals surface area contributed by atoms with Gasteiger partial charge in [0.2, 0.25) is 5.91 Å². The maximum Gasteiger partial charge on any atom is 0.234 e. The van der Waals surface area contributed by atoms with E-state index < -0.39 is 0 Å². The molecule has 0 aliphatic carbocycles. The van der Waals surface area contributed by atoms with Crippen LogP contribution in [0.1, 0.15) is 5.76 Å². The molecular weight excluding hydrogens is 436 g/mol. The van der Waals surface area contributed by atoms with E-state index in [1.165, 1.54) is 11.8 Å². The van der Waals surface area contributed by atoms with Crippen LogP contribution in [0.3, 0.4) is 0 Å². The Morgan fingerprint density at radius 1 is 1.16 bits per heavy atom. The Morgan fingerprint density at radius 3 is 2.65 bits per heavy atom. The summed E-state index contributed by atoms with van der Waals surface area (Å²) in [5.41, 5.74) is 1.55. The lowest BCUT2D eigenvalue weighted by Gasteiger charge is -2.09. The number of aryl methyl sites for hydroxylation is 1. The van der Waals surface area contributed by atoms with Crippen LogP contribution in [0.15, 0.2) is 70.4 Å². The summed E-state index contributed by atoms with van der Waals surface area (Å²) in [5.74, 6) is 2.73. The van der Waals surface area contributed by atoms with Crippen molar-refractivity contribution in [3.05, 3.63) is 71.6 Å². The number of benzene rings is 2. The number of furan rings is 1. The molecule has 0 fully saturated rings. The average molecular weight is 455 g/mol. The molecule has 4 rings (SSSR count). The highest BCUT2D eigenvalue weighted by Crippen LogP contribution is 2.29. The molecule has 0 aliphatic rings. The number of ether oxygens (including phenoxy) is 1. The predicted molar refractivity (Wildman–Crippen MR) is 121 cm³/mol. The minimum atomic E-state index is -0.145. The van der Waals surface area contributed by atoms with E-state index in [2.05, 4.69) is 15.5 Å². The Kier molecular flexibility index (Phi) is 6.29. The van der Waals surface area contributed by atoms with Crippen molar-refractivity contribution in [1.82, 2.24) is 14.8 Å². The van der Waals surface area contributed by atoms with Gasteiger partial charge in [-0.05, 0) is 49.4 Å². The number of nitrogens with one attached hydrogen (secondary N) is 1. The number of carbonyl (C=O) groups is 1. The lowest BCUT2D eigenvalue weighted by Crippen LogP contribution is -2.14. The summed E-state index contributed by atoms with van der Waals surface area (Å²) in [6.45, 7) is 1.87. The van der Waals surface area contributed by atoms with E-state index in [1.807, 2.05) is 36.7 Å². The van der Waals surface area contributed by atoms with Crippen LogP contribution in [0.4, 0.5) is 5.69 Å². The van der Waals surface area contributed by atoms with Gasteiger partial charge in [-0.2, -0.15) is 0 Å². The molecule has 0 saturated heterocycles. The number of carbonyl (C=O) groups excluding carboxylic acids is 1. The van der Waals surface area contributed by atoms with Gasteiger partial charge >= 0.3 is 0 Å². The van der Waals surface area contributed by atoms with Crippen LogP contribution in [0.2, 0.25) is 5.02 Å². The van der Waals surface area contributed by atoms with E-state index in [4.69, 9.17) is 20.8 Å². The summed E-state index contributed by atoms with van der Waals surface area (Å²) in [6.07, 6.45) is 1.62. The average Bonchev–Trinajstić information content (AvgIpc) is 3.34. The van der Waals surface area contributed by atoms with Crippen molar-refractivity contribution in [3.63, 3.8) is 0 Å². The lowest BCUT2D eigenvalue weighted by atomic mass is 10.2. The van der Waals surface area contributed by atoms with Crippen molar-refractivity contribution < 1.29 is 13.9 Å². The van der Waals surface area contributed by atoms with Crippen molar-refractivity contribution >= 4 is 35.0 Å². The van der Waals surface area contributed by atoms with E-state index >= 15 is 0 Å². The van der Waals surface area contributed by atoms with Crippen LogP contribution in [-0.2, 0) is 11.8 Å². The fourth-order valence-corrected chi connectivity index (χ4v) is 3.77. The predicted octanol–water partition coefficient (Wildman–Crippen LogP) is 5.56. The second-order valence-corrected chi connectivity index (χ2v) is 8.00. The molecule has 4 aromatic rings. The molecule has 0 unspecified atom stereocenters. The second kappa shape index (κ2) is 9.28. The number of hydrogen-bond acceptors (Lipinski definition) is 6. The number of para-hydroxylation sites is 1. The fraction of sp³-hybridized carbons (Fsp3) is 0.136. The summed E-state index contributed by atoms with van der Waals surface area (Å²) < 4.78 is 12.9. The lowest BCUT2D eigenvalue weighted by molar-refractivity contribution is -0.113. The highest BCUT2D eigenvalue weighted by Gasteiger charge is 2.16. The zero-order valence-electron chi connectivity index (χ0n) is 16.8. The third-order valence-corrected chi connectivity index (χ3v) is 5.80. The normalized spacial score (nSPS) is 10.8. The Labute approximate surface area is 188 Å². The van der Waals surface area contributed by atoms with E-state index in [9.17, 15) is 4.79 Å². The van der Waals surface area contributed by atoms with Crippen LogP contribution < -0.4 is 10.1 Å². The van der Waals surface area contributed by atoms with Gasteiger partial charge in [-0.25, -0.2) is 0 Å². The molecule has 1 N–H and O–H groups in total. The number of rotatable bonds is 7. The van der Waals surface area contributed by atoms with Gasteiger partial charge in [0.25, 0.3) is 0 Å². The molecule has 2 aromatic heterocycles. The zero-order chi connectivity index (χ0) is 21.8. The minimum Gasteiger partial charge on any atom is -0.469 e. The molecule has 0 spiro atoms. The van der Waals surface area contributed by atoms with Crippen molar-refractivity contribution in [2.75, 3.05) is 11.1 Å². The van der Waals surface area contributed by atoms with E-state index in [1.54, 1.807) is 42.7 Å². The molecule has 2 aromatic carbocycles. The molecule has 9 heteroatoms. The SMILES string of the molecule is Cc1occc1-c1nnc(SCC(=O)Nc2ccc(Oc3ccccc3Cl)cc2)n1C. The summed E-state index contributed by atoms with van der Waals surface area (Å²) in [7, 11) is 1.86. The molecule has 158 valence electrons. The van der Waals surface area contributed by atoms with Crippen LogP contribution in [0.5, 0.6) is 11.5 Å². The number of hydrogen-bond donors (Lipinski definition) is 1. The first-order chi connectivity index (χ1) is 15.0. The van der Waals surface area contributed by atoms with Gasteiger partial charge in [-0.3, -0.25) is 4.79 Å². The summed E-state index contributed by atoms with van der Waals surface area (Å²) in [4.78, 5) is 12.4. The standard InChI is InChI=1S/C22H19ClN4O3S/c1-14-17(11-12-29-14)21-25-26-22(27(21)2)31-13-20(28)24-15-7-9-16(10-8-15)30-19-6-4-3-5-18(19)23/h3-12H,13H2,1-2H3,(H,24,28). The van der Waals surface area contributed by atoms with E-state index in [0.29, 0.717) is 33.2 Å². The van der Waals surface area contributed by atoms with Gasteiger partial charge in [-0.1, -0.05) is 35.5 Å². The molecule has 31 heavy (non-hydrogen) atoms. The minimum absolute atomic E-state index is 0.145.